The third-order valence-corrected chi connectivity index (χ3v) is 2.30. The lowest BCUT2D eigenvalue weighted by Crippen LogP contribution is -2.37. The van der Waals surface area contributed by atoms with Gasteiger partial charge in [0.2, 0.25) is 5.91 Å². The maximum absolute atomic E-state index is 11.2. The molecule has 0 aliphatic heterocycles. The molecular formula is C10H14BrN3O. The van der Waals surface area contributed by atoms with E-state index in [-0.39, 0.29) is 6.04 Å². The van der Waals surface area contributed by atoms with Crippen LogP contribution in [0.2, 0.25) is 0 Å². The summed E-state index contributed by atoms with van der Waals surface area (Å²) in [4.78, 5) is 15.4. The molecule has 5 heteroatoms. The van der Waals surface area contributed by atoms with Gasteiger partial charge in [-0.1, -0.05) is 0 Å². The van der Waals surface area contributed by atoms with Crippen molar-refractivity contribution in [2.45, 2.75) is 25.9 Å². The molecule has 0 aliphatic carbocycles. The van der Waals surface area contributed by atoms with Gasteiger partial charge in [-0.3, -0.25) is 15.1 Å². The van der Waals surface area contributed by atoms with E-state index in [2.05, 4.69) is 26.2 Å². The molecule has 1 atom stereocenters. The molecule has 1 aromatic rings. The predicted molar refractivity (Wildman–Crippen MR) is 62.1 cm³/mol. The number of carbonyl (C=O) groups is 1. The molecule has 3 N–H and O–H groups in total. The smallest absolute Gasteiger partial charge is 0.240 e. The van der Waals surface area contributed by atoms with Crippen LogP contribution >= 0.6 is 15.9 Å². The molecule has 4 nitrogen and oxygen atoms in total. The summed E-state index contributed by atoms with van der Waals surface area (Å²) in [6, 6.07) is 3.25. The molecule has 0 aromatic carbocycles. The normalized spacial score (nSPS) is 12.8. The monoisotopic (exact) mass is 271 g/mol. The number of rotatable bonds is 4. The second-order valence-electron chi connectivity index (χ2n) is 3.56. The van der Waals surface area contributed by atoms with E-state index in [1.165, 1.54) is 0 Å². The maximum Gasteiger partial charge on any atom is 0.240 e. The third kappa shape index (κ3) is 3.60. The Morgan fingerprint density at radius 1 is 1.53 bits per heavy atom. The van der Waals surface area contributed by atoms with Crippen LogP contribution in [0.3, 0.4) is 0 Å². The highest BCUT2D eigenvalue weighted by Gasteiger charge is 2.19. The largest absolute Gasteiger partial charge is 0.368 e. The lowest BCUT2D eigenvalue weighted by atomic mass is 10.1. The zero-order valence-electron chi connectivity index (χ0n) is 8.70. The van der Waals surface area contributed by atoms with Gasteiger partial charge in [0, 0.05) is 16.7 Å². The molecule has 1 heterocycles. The van der Waals surface area contributed by atoms with E-state index in [0.717, 1.165) is 4.47 Å². The molecule has 15 heavy (non-hydrogen) atoms. The van der Waals surface area contributed by atoms with Gasteiger partial charge in [-0.15, -0.1) is 0 Å². The third-order valence-electron chi connectivity index (χ3n) is 1.83. The molecule has 1 rings (SSSR count). The fourth-order valence-corrected chi connectivity index (χ4v) is 1.44. The fourth-order valence-electron chi connectivity index (χ4n) is 1.20. The summed E-state index contributed by atoms with van der Waals surface area (Å²) in [7, 11) is 0. The van der Waals surface area contributed by atoms with E-state index in [1.807, 2.05) is 19.9 Å². The first-order chi connectivity index (χ1) is 7.00. The van der Waals surface area contributed by atoms with Crippen molar-refractivity contribution in [1.29, 1.82) is 0 Å². The van der Waals surface area contributed by atoms with Crippen molar-refractivity contribution >= 4 is 21.8 Å². The first kappa shape index (κ1) is 12.1. The molecule has 0 radical (unpaired) electrons. The Bertz CT molecular complexity index is 337. The van der Waals surface area contributed by atoms with Gasteiger partial charge >= 0.3 is 0 Å². The van der Waals surface area contributed by atoms with Crippen molar-refractivity contribution in [1.82, 2.24) is 10.3 Å². The Balaban J connectivity index is 2.89. The number of hydrogen-bond donors (Lipinski definition) is 2. The van der Waals surface area contributed by atoms with Crippen molar-refractivity contribution in [2.75, 3.05) is 0 Å². The van der Waals surface area contributed by atoms with Gasteiger partial charge in [-0.05, 0) is 41.9 Å². The topological polar surface area (TPSA) is 68.0 Å². The lowest BCUT2D eigenvalue weighted by Gasteiger charge is -2.17. The number of carbonyl (C=O) groups excluding carboxylic acids is 1. The van der Waals surface area contributed by atoms with Crippen molar-refractivity contribution in [3.8, 4) is 0 Å². The molecule has 1 amide bonds. The van der Waals surface area contributed by atoms with Crippen LogP contribution < -0.4 is 11.1 Å². The Morgan fingerprint density at radius 2 is 2.20 bits per heavy atom. The standard InChI is InChI=1S/C10H14BrN3O/c1-6(2)14-9(10(12)15)8-4-3-7(11)5-13-8/h3-6,9,14H,1-2H3,(H2,12,15). The van der Waals surface area contributed by atoms with Crippen LogP contribution in [0.4, 0.5) is 0 Å². The SMILES string of the molecule is CC(C)NC(C(N)=O)c1ccc(Br)cn1. The number of pyridine rings is 1. The Labute approximate surface area is 97.4 Å². The second kappa shape index (κ2) is 5.23. The Morgan fingerprint density at radius 3 is 2.60 bits per heavy atom. The zero-order valence-corrected chi connectivity index (χ0v) is 10.3. The Hall–Kier alpha value is -0.940. The van der Waals surface area contributed by atoms with Crippen molar-refractivity contribution in [3.05, 3.63) is 28.5 Å². The highest BCUT2D eigenvalue weighted by atomic mass is 79.9. The fraction of sp³-hybridized carbons (Fsp3) is 0.400. The number of primary amides is 1. The van der Waals surface area contributed by atoms with Crippen molar-refractivity contribution in [2.24, 2.45) is 5.73 Å². The van der Waals surface area contributed by atoms with E-state index in [1.54, 1.807) is 12.3 Å². The van der Waals surface area contributed by atoms with E-state index in [4.69, 9.17) is 5.73 Å². The van der Waals surface area contributed by atoms with Crippen LogP contribution in [0.1, 0.15) is 25.6 Å². The van der Waals surface area contributed by atoms with E-state index in [9.17, 15) is 4.79 Å². The van der Waals surface area contributed by atoms with Crippen LogP contribution in [0.25, 0.3) is 0 Å². The molecule has 82 valence electrons. The molecule has 0 spiro atoms. The van der Waals surface area contributed by atoms with Gasteiger partial charge in [0.15, 0.2) is 0 Å². The summed E-state index contributed by atoms with van der Waals surface area (Å²) in [5.41, 5.74) is 5.94. The number of aromatic nitrogens is 1. The van der Waals surface area contributed by atoms with Crippen molar-refractivity contribution < 1.29 is 4.79 Å². The second-order valence-corrected chi connectivity index (χ2v) is 4.47. The van der Waals surface area contributed by atoms with Crippen molar-refractivity contribution in [3.63, 3.8) is 0 Å². The Kier molecular flexibility index (Phi) is 4.23. The minimum Gasteiger partial charge on any atom is -0.368 e. The van der Waals surface area contributed by atoms with Gasteiger partial charge in [-0.2, -0.15) is 0 Å². The van der Waals surface area contributed by atoms with Gasteiger partial charge in [0.25, 0.3) is 0 Å². The molecule has 1 aromatic heterocycles. The maximum atomic E-state index is 11.2. The predicted octanol–water partition coefficient (Wildman–Crippen LogP) is 1.37. The first-order valence-corrected chi connectivity index (χ1v) is 5.47. The average Bonchev–Trinajstić information content (AvgIpc) is 2.15. The summed E-state index contributed by atoms with van der Waals surface area (Å²) in [5, 5.41) is 3.06. The number of nitrogens with two attached hydrogens (primary N) is 1. The number of hydrogen-bond acceptors (Lipinski definition) is 3. The van der Waals surface area contributed by atoms with Gasteiger partial charge in [0.05, 0.1) is 5.69 Å². The summed E-state index contributed by atoms with van der Waals surface area (Å²) in [6.45, 7) is 3.91. The average molecular weight is 272 g/mol. The highest BCUT2D eigenvalue weighted by Crippen LogP contribution is 2.14. The van der Waals surface area contributed by atoms with Gasteiger partial charge < -0.3 is 5.73 Å². The van der Waals surface area contributed by atoms with E-state index < -0.39 is 11.9 Å². The number of nitrogens with one attached hydrogen (secondary N) is 1. The molecular weight excluding hydrogens is 258 g/mol. The van der Waals surface area contributed by atoms with Crippen LogP contribution in [0.15, 0.2) is 22.8 Å². The molecule has 1 unspecified atom stereocenters. The number of halogens is 1. The van der Waals surface area contributed by atoms with E-state index >= 15 is 0 Å². The number of amides is 1. The summed E-state index contributed by atoms with van der Waals surface area (Å²) < 4.78 is 0.874. The van der Waals surface area contributed by atoms with Crippen LogP contribution in [0, 0.1) is 0 Å². The van der Waals surface area contributed by atoms with Crippen LogP contribution in [-0.4, -0.2) is 16.9 Å². The summed E-state index contributed by atoms with van der Waals surface area (Å²) in [5.74, 6) is -0.418. The van der Waals surface area contributed by atoms with Crippen LogP contribution in [0.5, 0.6) is 0 Å². The number of nitrogens with zero attached hydrogens (tertiary/aromatic N) is 1. The summed E-state index contributed by atoms with van der Waals surface area (Å²) in [6.07, 6.45) is 1.65. The molecule has 0 saturated heterocycles. The highest BCUT2D eigenvalue weighted by molar-refractivity contribution is 9.10. The first-order valence-electron chi connectivity index (χ1n) is 4.67. The minimum atomic E-state index is -0.530. The molecule has 0 saturated carbocycles. The molecule has 0 bridgehead atoms. The quantitative estimate of drug-likeness (QED) is 0.869. The van der Waals surface area contributed by atoms with Gasteiger partial charge in [-0.25, -0.2) is 0 Å². The zero-order chi connectivity index (χ0) is 11.4. The summed E-state index contributed by atoms with van der Waals surface area (Å²) >= 11 is 3.28. The minimum absolute atomic E-state index is 0.174. The lowest BCUT2D eigenvalue weighted by molar-refractivity contribution is -0.120. The van der Waals surface area contributed by atoms with Crippen LogP contribution in [-0.2, 0) is 4.79 Å². The molecule has 0 fully saturated rings. The van der Waals surface area contributed by atoms with E-state index in [0.29, 0.717) is 5.69 Å². The molecule has 0 aliphatic rings. The van der Waals surface area contributed by atoms with Gasteiger partial charge in [0.1, 0.15) is 6.04 Å².